The van der Waals surface area contributed by atoms with Gasteiger partial charge in [-0.25, -0.2) is 0 Å². The summed E-state index contributed by atoms with van der Waals surface area (Å²) in [5, 5.41) is 5.18. The number of rotatable bonds is 2. The van der Waals surface area contributed by atoms with Gasteiger partial charge < -0.3 is 24.8 Å². The van der Waals surface area contributed by atoms with Crippen LogP contribution in [0, 0.1) is 12.2 Å². The molecule has 6 rings (SSSR count). The second kappa shape index (κ2) is 12.9. The Balaban J connectivity index is 0.000000214. The van der Waals surface area contributed by atoms with Crippen LogP contribution in [-0.2, 0) is 25.8 Å². The van der Waals surface area contributed by atoms with Crippen molar-refractivity contribution in [2.75, 3.05) is 0 Å². The molecule has 0 nitrogen and oxygen atoms in total. The molecule has 160 valence electrons. The third-order valence-electron chi connectivity index (χ3n) is 5.51. The van der Waals surface area contributed by atoms with E-state index < -0.39 is 0 Å². The summed E-state index contributed by atoms with van der Waals surface area (Å²) >= 11 is 0. The number of hydrogen-bond donors (Lipinski definition) is 0. The quantitative estimate of drug-likeness (QED) is 0.235. The fraction of sp³-hybridized carbons (Fsp3) is 0.0667. The first kappa shape index (κ1) is 27.1. The van der Waals surface area contributed by atoms with Gasteiger partial charge in [-0.3, -0.25) is 0 Å². The average molecular weight is 632 g/mol. The van der Waals surface area contributed by atoms with E-state index in [-0.39, 0.29) is 50.7 Å². The maximum atomic E-state index is 3.34. The molecular weight excluding hydrogens is 610 g/mol. The van der Waals surface area contributed by atoms with Crippen molar-refractivity contribution in [3.8, 4) is 0 Å². The molecule has 0 saturated carbocycles. The van der Waals surface area contributed by atoms with Crippen LogP contribution in [0.25, 0.3) is 32.7 Å². The summed E-state index contributed by atoms with van der Waals surface area (Å²) in [5.41, 5.74) is 4.98. The van der Waals surface area contributed by atoms with Crippen molar-refractivity contribution in [3.05, 3.63) is 133 Å². The van der Waals surface area contributed by atoms with Crippen LogP contribution in [0.2, 0.25) is 0 Å². The van der Waals surface area contributed by atoms with Crippen LogP contribution in [-0.4, -0.2) is 0 Å². The van der Waals surface area contributed by atoms with Crippen molar-refractivity contribution in [3.63, 3.8) is 0 Å². The summed E-state index contributed by atoms with van der Waals surface area (Å²) in [6, 6.07) is 30.0. The summed E-state index contributed by atoms with van der Waals surface area (Å²) < 4.78 is 0. The summed E-state index contributed by atoms with van der Waals surface area (Å²) in [5.74, 6) is 0. The predicted molar refractivity (Wildman–Crippen MR) is 129 cm³/mol. The van der Waals surface area contributed by atoms with Crippen LogP contribution >= 0.6 is 0 Å². The molecule has 2 aliphatic carbocycles. The van der Waals surface area contributed by atoms with E-state index in [4.69, 9.17) is 0 Å². The molecule has 0 radical (unpaired) electrons. The van der Waals surface area contributed by atoms with E-state index >= 15 is 0 Å². The third-order valence-corrected chi connectivity index (χ3v) is 5.51. The van der Waals surface area contributed by atoms with Crippen molar-refractivity contribution in [2.45, 2.75) is 12.8 Å². The monoisotopic (exact) mass is 632 g/mol. The molecular formula is C30H22Cl2Hf. The first-order valence-corrected chi connectivity index (χ1v) is 10.4. The molecule has 0 heterocycles. The third kappa shape index (κ3) is 6.44. The van der Waals surface area contributed by atoms with Crippen LogP contribution in [0.3, 0.4) is 0 Å². The fourth-order valence-electron chi connectivity index (χ4n) is 3.92. The molecule has 0 unspecified atom stereocenters. The van der Waals surface area contributed by atoms with Crippen molar-refractivity contribution in [1.29, 1.82) is 0 Å². The van der Waals surface area contributed by atoms with E-state index in [2.05, 4.69) is 121 Å². The molecule has 0 aliphatic heterocycles. The Bertz CT molecular complexity index is 1240. The maximum absolute atomic E-state index is 3.34. The minimum atomic E-state index is 0. The molecule has 4 aromatic carbocycles. The predicted octanol–water partition coefficient (Wildman–Crippen LogP) is 1.98. The molecule has 4 aromatic rings. The van der Waals surface area contributed by atoms with Crippen molar-refractivity contribution >= 4 is 32.7 Å². The van der Waals surface area contributed by atoms with Crippen LogP contribution in [0.4, 0.5) is 0 Å². The Morgan fingerprint density at radius 2 is 0.879 bits per heavy atom. The smallest absolute Gasteiger partial charge is 1.00 e. The van der Waals surface area contributed by atoms with Gasteiger partial charge in [0.1, 0.15) is 0 Å². The van der Waals surface area contributed by atoms with Gasteiger partial charge in [0.15, 0.2) is 0 Å². The van der Waals surface area contributed by atoms with E-state index in [1.165, 1.54) is 43.8 Å². The van der Waals surface area contributed by atoms with Gasteiger partial charge in [-0.15, -0.1) is 47.5 Å². The second-order valence-electron chi connectivity index (χ2n) is 7.52. The Kier molecular flexibility index (Phi) is 10.6. The van der Waals surface area contributed by atoms with E-state index in [9.17, 15) is 0 Å². The average Bonchev–Trinajstić information content (AvgIpc) is 3.54. The van der Waals surface area contributed by atoms with Gasteiger partial charge >= 0.3 is 25.8 Å². The normalized spacial score (nSPS) is 13.2. The minimum absolute atomic E-state index is 0. The number of fused-ring (bicyclic) bond motifs is 2. The van der Waals surface area contributed by atoms with Gasteiger partial charge in [-0.05, 0) is 21.5 Å². The SMILES string of the molecule is [C-]1=C(c2ccc3ccccc3c2)C=CC1.[C-]1=C(c2ccc3ccccc3c2)C=CC1.[Cl-].[Cl-].[Hf+4]. The van der Waals surface area contributed by atoms with Crippen LogP contribution in [0.1, 0.15) is 24.0 Å². The van der Waals surface area contributed by atoms with Gasteiger partial charge in [0, 0.05) is 0 Å². The topological polar surface area (TPSA) is 0 Å². The molecule has 0 spiro atoms. The Hall–Kier alpha value is -2.19. The largest absolute Gasteiger partial charge is 4.00 e. The molecule has 3 heteroatoms. The van der Waals surface area contributed by atoms with Crippen molar-refractivity contribution < 1.29 is 50.7 Å². The van der Waals surface area contributed by atoms with Crippen molar-refractivity contribution in [1.82, 2.24) is 0 Å². The Morgan fingerprint density at radius 1 is 0.485 bits per heavy atom. The first-order chi connectivity index (χ1) is 14.9. The Labute approximate surface area is 227 Å². The van der Waals surface area contributed by atoms with E-state index in [1.54, 1.807) is 0 Å². The second-order valence-corrected chi connectivity index (χ2v) is 7.52. The van der Waals surface area contributed by atoms with Gasteiger partial charge in [0.25, 0.3) is 0 Å². The molecule has 0 amide bonds. The summed E-state index contributed by atoms with van der Waals surface area (Å²) in [6.45, 7) is 0. The van der Waals surface area contributed by atoms with E-state index in [1.807, 2.05) is 0 Å². The molecule has 0 N–H and O–H groups in total. The van der Waals surface area contributed by atoms with E-state index in [0.717, 1.165) is 12.8 Å². The molecule has 0 atom stereocenters. The number of benzene rings is 4. The van der Waals surface area contributed by atoms with Gasteiger partial charge in [0.05, 0.1) is 0 Å². The molecule has 0 saturated heterocycles. The molecule has 0 fully saturated rings. The zero-order valence-corrected chi connectivity index (χ0v) is 23.2. The number of allylic oxidation sites excluding steroid dienone is 8. The standard InChI is InChI=1S/2C15H11.2ClH.Hf/c2*1-2-6-12(5-1)15-10-9-13-7-3-4-8-14(13)11-15;;;/h2*1,3-5,7-11H,2H2;2*1H;/q2*-1;;;+4/p-2. The summed E-state index contributed by atoms with van der Waals surface area (Å²) in [4.78, 5) is 0. The fourth-order valence-corrected chi connectivity index (χ4v) is 3.92. The van der Waals surface area contributed by atoms with Gasteiger partial charge in [0.2, 0.25) is 0 Å². The molecule has 33 heavy (non-hydrogen) atoms. The van der Waals surface area contributed by atoms with Gasteiger partial charge in [-0.2, -0.15) is 35.5 Å². The van der Waals surface area contributed by atoms with Crippen LogP contribution < -0.4 is 24.8 Å². The molecule has 0 bridgehead atoms. The first-order valence-electron chi connectivity index (χ1n) is 10.4. The van der Waals surface area contributed by atoms with E-state index in [0.29, 0.717) is 0 Å². The molecule has 2 aliphatic rings. The van der Waals surface area contributed by atoms with Gasteiger partial charge in [-0.1, -0.05) is 73.5 Å². The van der Waals surface area contributed by atoms with Crippen LogP contribution in [0.15, 0.2) is 109 Å². The molecule has 0 aromatic heterocycles. The summed E-state index contributed by atoms with van der Waals surface area (Å²) in [7, 11) is 0. The summed E-state index contributed by atoms with van der Waals surface area (Å²) in [6.07, 6.45) is 17.2. The van der Waals surface area contributed by atoms with Crippen molar-refractivity contribution in [2.24, 2.45) is 0 Å². The maximum Gasteiger partial charge on any atom is 4.00 e. The zero-order chi connectivity index (χ0) is 20.2. The number of halogens is 2. The van der Waals surface area contributed by atoms with Crippen LogP contribution in [0.5, 0.6) is 0 Å². The number of hydrogen-bond acceptors (Lipinski definition) is 0. The minimum Gasteiger partial charge on any atom is -1.00 e. The zero-order valence-electron chi connectivity index (χ0n) is 18.1. The Morgan fingerprint density at radius 3 is 1.24 bits per heavy atom.